The Labute approximate surface area is 105 Å². The molecule has 0 heterocycles. The van der Waals surface area contributed by atoms with Crippen molar-refractivity contribution >= 4 is 16.0 Å². The Morgan fingerprint density at radius 1 is 1.56 bits per heavy atom. The van der Waals surface area contributed by atoms with Gasteiger partial charge in [-0.15, -0.1) is 0 Å². The van der Waals surface area contributed by atoms with E-state index in [0.29, 0.717) is 11.1 Å². The number of nitrogens with zero attached hydrogens (tertiary/aromatic N) is 1. The number of benzene rings is 1. The van der Waals surface area contributed by atoms with Crippen LogP contribution < -0.4 is 4.72 Å². The summed E-state index contributed by atoms with van der Waals surface area (Å²) in [6.45, 7) is 1.24. The average Bonchev–Trinajstić information content (AvgIpc) is 2.27. The van der Waals surface area contributed by atoms with Crippen molar-refractivity contribution in [2.45, 2.75) is 18.7 Å². The van der Waals surface area contributed by atoms with Crippen LogP contribution in [0.3, 0.4) is 0 Å². The van der Waals surface area contributed by atoms with Crippen molar-refractivity contribution in [3.63, 3.8) is 0 Å². The molecule has 0 saturated heterocycles. The largest absolute Gasteiger partial charge is 0.480 e. The first-order valence-electron chi connectivity index (χ1n) is 5.06. The van der Waals surface area contributed by atoms with Crippen molar-refractivity contribution in [1.29, 1.82) is 5.26 Å². The quantitative estimate of drug-likeness (QED) is 0.806. The van der Waals surface area contributed by atoms with Gasteiger partial charge in [0.15, 0.2) is 0 Å². The Balaban J connectivity index is 2.83. The van der Waals surface area contributed by atoms with Crippen LogP contribution in [0.1, 0.15) is 18.1 Å². The number of hydrogen-bond donors (Lipinski definition) is 2. The molecule has 0 bridgehead atoms. The Kier molecular flexibility index (Phi) is 4.42. The molecule has 1 aromatic rings. The zero-order valence-electron chi connectivity index (χ0n) is 9.62. The van der Waals surface area contributed by atoms with Gasteiger partial charge in [0.1, 0.15) is 6.04 Å². The fourth-order valence-corrected chi connectivity index (χ4v) is 2.65. The van der Waals surface area contributed by atoms with E-state index < -0.39 is 22.0 Å². The Morgan fingerprint density at radius 2 is 2.22 bits per heavy atom. The molecule has 0 fully saturated rings. The van der Waals surface area contributed by atoms with Crippen LogP contribution in [0.5, 0.6) is 0 Å². The van der Waals surface area contributed by atoms with Crippen LogP contribution in [0.2, 0.25) is 0 Å². The molecule has 18 heavy (non-hydrogen) atoms. The van der Waals surface area contributed by atoms with Gasteiger partial charge in [-0.2, -0.15) is 5.26 Å². The van der Waals surface area contributed by atoms with E-state index in [9.17, 15) is 13.2 Å². The van der Waals surface area contributed by atoms with Crippen LogP contribution in [-0.2, 0) is 20.6 Å². The molecule has 6 nitrogen and oxygen atoms in total. The number of carboxylic acid groups (broad SMARTS) is 1. The van der Waals surface area contributed by atoms with E-state index >= 15 is 0 Å². The highest BCUT2D eigenvalue weighted by Crippen LogP contribution is 2.08. The zero-order valence-corrected chi connectivity index (χ0v) is 10.4. The molecule has 7 heteroatoms. The van der Waals surface area contributed by atoms with Crippen molar-refractivity contribution < 1.29 is 18.3 Å². The summed E-state index contributed by atoms with van der Waals surface area (Å²) in [7, 11) is -3.74. The van der Waals surface area contributed by atoms with E-state index in [1.807, 2.05) is 10.8 Å². The normalized spacial score (nSPS) is 12.7. The van der Waals surface area contributed by atoms with Crippen LogP contribution in [-0.4, -0.2) is 25.5 Å². The maximum absolute atomic E-state index is 11.7. The predicted octanol–water partition coefficient (Wildman–Crippen LogP) is 0.451. The first-order chi connectivity index (χ1) is 8.34. The summed E-state index contributed by atoms with van der Waals surface area (Å²) < 4.78 is 25.3. The Morgan fingerprint density at radius 3 is 2.78 bits per heavy atom. The highest BCUT2D eigenvalue weighted by molar-refractivity contribution is 7.88. The van der Waals surface area contributed by atoms with Crippen LogP contribution in [0.25, 0.3) is 0 Å². The minimum absolute atomic E-state index is 0.356. The van der Waals surface area contributed by atoms with E-state index in [4.69, 9.17) is 10.4 Å². The van der Waals surface area contributed by atoms with Gasteiger partial charge < -0.3 is 5.11 Å². The van der Waals surface area contributed by atoms with Crippen LogP contribution in [0.4, 0.5) is 0 Å². The van der Waals surface area contributed by atoms with Gasteiger partial charge in [0.25, 0.3) is 0 Å². The molecule has 0 saturated carbocycles. The number of aliphatic carboxylic acids is 1. The number of carbonyl (C=O) groups is 1. The third-order valence-corrected chi connectivity index (χ3v) is 3.57. The van der Waals surface area contributed by atoms with E-state index in [1.165, 1.54) is 13.0 Å². The third-order valence-electron chi connectivity index (χ3n) is 2.14. The monoisotopic (exact) mass is 268 g/mol. The van der Waals surface area contributed by atoms with Crippen LogP contribution in [0.15, 0.2) is 24.3 Å². The number of rotatable bonds is 5. The van der Waals surface area contributed by atoms with Crippen LogP contribution in [0, 0.1) is 11.3 Å². The van der Waals surface area contributed by atoms with Gasteiger partial charge in [0.05, 0.1) is 17.4 Å². The molecule has 0 aliphatic rings. The SMILES string of the molecule is C[C@@H](NS(=O)(=O)Cc1cccc(C#N)c1)C(=O)O. The molecular formula is C11H12N2O4S. The molecule has 1 rings (SSSR count). The number of nitrogens with one attached hydrogen (secondary N) is 1. The topological polar surface area (TPSA) is 107 Å². The fraction of sp³-hybridized carbons (Fsp3) is 0.273. The first-order valence-corrected chi connectivity index (χ1v) is 6.71. The molecule has 0 radical (unpaired) electrons. The molecule has 0 unspecified atom stereocenters. The molecule has 1 atom stereocenters. The third kappa shape index (κ3) is 4.16. The maximum Gasteiger partial charge on any atom is 0.321 e. The second-order valence-corrected chi connectivity index (χ2v) is 5.50. The van der Waals surface area contributed by atoms with Gasteiger partial charge in [0, 0.05) is 0 Å². The lowest BCUT2D eigenvalue weighted by Gasteiger charge is -2.10. The lowest BCUT2D eigenvalue weighted by atomic mass is 10.2. The lowest BCUT2D eigenvalue weighted by Crippen LogP contribution is -2.38. The number of nitriles is 1. The lowest BCUT2D eigenvalue weighted by molar-refractivity contribution is -0.138. The summed E-state index contributed by atoms with van der Waals surface area (Å²) >= 11 is 0. The van der Waals surface area contributed by atoms with E-state index in [0.717, 1.165) is 0 Å². The summed E-state index contributed by atoms with van der Waals surface area (Å²) in [6.07, 6.45) is 0. The number of carboxylic acids is 1. The summed E-state index contributed by atoms with van der Waals surface area (Å²) in [5, 5.41) is 17.3. The highest BCUT2D eigenvalue weighted by atomic mass is 32.2. The molecule has 96 valence electrons. The molecular weight excluding hydrogens is 256 g/mol. The van der Waals surface area contributed by atoms with Gasteiger partial charge in [-0.3, -0.25) is 4.79 Å². The summed E-state index contributed by atoms with van der Waals surface area (Å²) in [5.74, 6) is -1.61. The summed E-state index contributed by atoms with van der Waals surface area (Å²) in [5.41, 5.74) is 0.785. The molecule has 1 aromatic carbocycles. The van der Waals surface area contributed by atoms with E-state index in [2.05, 4.69) is 0 Å². The number of hydrogen-bond acceptors (Lipinski definition) is 4. The minimum Gasteiger partial charge on any atom is -0.480 e. The molecule has 0 aliphatic carbocycles. The Bertz CT molecular complexity index is 589. The summed E-state index contributed by atoms with van der Waals surface area (Å²) in [6, 6.07) is 6.86. The van der Waals surface area contributed by atoms with E-state index in [1.54, 1.807) is 18.2 Å². The van der Waals surface area contributed by atoms with Crippen molar-refractivity contribution in [1.82, 2.24) is 4.72 Å². The van der Waals surface area contributed by atoms with E-state index in [-0.39, 0.29) is 5.75 Å². The maximum atomic E-state index is 11.7. The minimum atomic E-state index is -3.74. The van der Waals surface area contributed by atoms with Gasteiger partial charge >= 0.3 is 5.97 Å². The van der Waals surface area contributed by atoms with Gasteiger partial charge in [-0.25, -0.2) is 13.1 Å². The number of sulfonamides is 1. The van der Waals surface area contributed by atoms with Crippen molar-refractivity contribution in [3.8, 4) is 6.07 Å². The average molecular weight is 268 g/mol. The predicted molar refractivity (Wildman–Crippen MR) is 64.0 cm³/mol. The zero-order chi connectivity index (χ0) is 13.8. The van der Waals surface area contributed by atoms with Gasteiger partial charge in [-0.05, 0) is 24.6 Å². The van der Waals surface area contributed by atoms with Crippen molar-refractivity contribution in [3.05, 3.63) is 35.4 Å². The van der Waals surface area contributed by atoms with Crippen molar-refractivity contribution in [2.75, 3.05) is 0 Å². The standard InChI is InChI=1S/C11H12N2O4S/c1-8(11(14)15)13-18(16,17)7-10-4-2-3-9(5-10)6-12/h2-5,8,13H,7H2,1H3,(H,14,15)/t8-/m1/s1. The molecule has 0 spiro atoms. The second kappa shape index (κ2) is 5.62. The fourth-order valence-electron chi connectivity index (χ4n) is 1.31. The van der Waals surface area contributed by atoms with Gasteiger partial charge in [0.2, 0.25) is 10.0 Å². The highest BCUT2D eigenvalue weighted by Gasteiger charge is 2.19. The summed E-state index contributed by atoms with van der Waals surface area (Å²) in [4.78, 5) is 10.6. The molecule has 0 amide bonds. The van der Waals surface area contributed by atoms with Crippen LogP contribution >= 0.6 is 0 Å². The molecule has 2 N–H and O–H groups in total. The molecule has 0 aromatic heterocycles. The first kappa shape index (κ1) is 14.2. The van der Waals surface area contributed by atoms with Gasteiger partial charge in [-0.1, -0.05) is 12.1 Å². The smallest absolute Gasteiger partial charge is 0.321 e. The van der Waals surface area contributed by atoms with Crippen molar-refractivity contribution in [2.24, 2.45) is 0 Å². The molecule has 0 aliphatic heterocycles. The second-order valence-electron chi connectivity index (χ2n) is 3.75. The Hall–Kier alpha value is -1.91.